The molecule has 2 heterocycles. The predicted octanol–water partition coefficient (Wildman–Crippen LogP) is 1.19. The van der Waals surface area contributed by atoms with Gasteiger partial charge < -0.3 is 19.8 Å². The molecule has 1 aromatic heterocycles. The van der Waals surface area contributed by atoms with Crippen molar-refractivity contribution in [1.29, 1.82) is 0 Å². The van der Waals surface area contributed by atoms with Gasteiger partial charge in [-0.2, -0.15) is 0 Å². The van der Waals surface area contributed by atoms with Gasteiger partial charge >= 0.3 is 5.69 Å². The number of nitrogens with one attached hydrogen (secondary N) is 2. The Hall–Kier alpha value is -2.57. The Kier molecular flexibility index (Phi) is 4.42. The van der Waals surface area contributed by atoms with Gasteiger partial charge in [0.05, 0.1) is 11.0 Å². The van der Waals surface area contributed by atoms with E-state index in [0.29, 0.717) is 55.1 Å². The molecule has 1 aliphatic heterocycles. The third kappa shape index (κ3) is 3.34. The third-order valence-electron chi connectivity index (χ3n) is 4.27. The summed E-state index contributed by atoms with van der Waals surface area (Å²) >= 11 is 0. The monoisotopic (exact) mass is 330 g/mol. The molecule has 24 heavy (non-hydrogen) atoms. The maximum absolute atomic E-state index is 12.6. The van der Waals surface area contributed by atoms with Gasteiger partial charge in [0.15, 0.2) is 0 Å². The molecule has 2 amide bonds. The van der Waals surface area contributed by atoms with Crippen LogP contribution in [0.3, 0.4) is 0 Å². The minimum atomic E-state index is -0.285. The van der Waals surface area contributed by atoms with Gasteiger partial charge in [0.2, 0.25) is 5.91 Å². The molecule has 0 radical (unpaired) electrons. The smallest absolute Gasteiger partial charge is 0.323 e. The Morgan fingerprint density at radius 3 is 2.33 bits per heavy atom. The summed E-state index contributed by atoms with van der Waals surface area (Å²) in [5, 5.41) is 0. The van der Waals surface area contributed by atoms with E-state index in [1.807, 2.05) is 18.7 Å². The fraction of sp³-hybridized carbons (Fsp3) is 0.471. The molecule has 2 N–H and O–H groups in total. The molecule has 2 aromatic rings. The molecule has 0 atom stereocenters. The highest BCUT2D eigenvalue weighted by atomic mass is 16.2. The van der Waals surface area contributed by atoms with Crippen LogP contribution in [0, 0.1) is 5.92 Å². The van der Waals surface area contributed by atoms with Crippen LogP contribution < -0.4 is 5.69 Å². The molecule has 128 valence electrons. The molecule has 1 aliphatic rings. The van der Waals surface area contributed by atoms with Gasteiger partial charge in [0.1, 0.15) is 0 Å². The number of aromatic nitrogens is 2. The largest absolute Gasteiger partial charge is 0.339 e. The quantitative estimate of drug-likeness (QED) is 0.886. The highest BCUT2D eigenvalue weighted by Crippen LogP contribution is 2.15. The van der Waals surface area contributed by atoms with E-state index in [0.717, 1.165) is 0 Å². The summed E-state index contributed by atoms with van der Waals surface area (Å²) in [5.41, 5.74) is 1.56. The van der Waals surface area contributed by atoms with E-state index < -0.39 is 0 Å². The van der Waals surface area contributed by atoms with E-state index in [1.165, 1.54) is 0 Å². The fourth-order valence-corrected chi connectivity index (χ4v) is 2.99. The zero-order valence-electron chi connectivity index (χ0n) is 14.0. The van der Waals surface area contributed by atoms with Crippen molar-refractivity contribution in [3.63, 3.8) is 0 Å². The molecule has 1 aromatic carbocycles. The van der Waals surface area contributed by atoms with E-state index in [-0.39, 0.29) is 17.5 Å². The molecule has 0 spiro atoms. The van der Waals surface area contributed by atoms with Crippen LogP contribution in [0.5, 0.6) is 0 Å². The molecule has 7 heteroatoms. The molecular formula is C17H22N4O3. The van der Waals surface area contributed by atoms with Crippen LogP contribution in [0.1, 0.15) is 30.6 Å². The Bertz CT molecular complexity index is 813. The van der Waals surface area contributed by atoms with Crippen molar-refractivity contribution in [3.05, 3.63) is 34.2 Å². The number of piperazine rings is 1. The highest BCUT2D eigenvalue weighted by Gasteiger charge is 2.25. The summed E-state index contributed by atoms with van der Waals surface area (Å²) in [4.78, 5) is 44.9. The van der Waals surface area contributed by atoms with E-state index in [2.05, 4.69) is 9.97 Å². The number of imidazole rings is 1. The van der Waals surface area contributed by atoms with Crippen LogP contribution in [0.2, 0.25) is 0 Å². The van der Waals surface area contributed by atoms with Crippen molar-refractivity contribution < 1.29 is 9.59 Å². The number of H-pyrrole nitrogens is 2. The van der Waals surface area contributed by atoms with Crippen molar-refractivity contribution in [2.24, 2.45) is 5.92 Å². The first-order valence-corrected chi connectivity index (χ1v) is 8.23. The van der Waals surface area contributed by atoms with Gasteiger partial charge in [-0.15, -0.1) is 0 Å². The number of fused-ring (bicyclic) bond motifs is 1. The first kappa shape index (κ1) is 16.3. The van der Waals surface area contributed by atoms with Gasteiger partial charge in [-0.05, 0) is 24.1 Å². The zero-order valence-corrected chi connectivity index (χ0v) is 14.0. The van der Waals surface area contributed by atoms with Crippen LogP contribution >= 0.6 is 0 Å². The first-order chi connectivity index (χ1) is 11.4. The summed E-state index contributed by atoms with van der Waals surface area (Å²) < 4.78 is 0. The third-order valence-corrected chi connectivity index (χ3v) is 4.27. The number of rotatable bonds is 3. The second-order valence-electron chi connectivity index (χ2n) is 6.61. The summed E-state index contributed by atoms with van der Waals surface area (Å²) in [7, 11) is 0. The number of hydrogen-bond donors (Lipinski definition) is 2. The number of amides is 2. The second kappa shape index (κ2) is 6.51. The Morgan fingerprint density at radius 1 is 1.04 bits per heavy atom. The zero-order chi connectivity index (χ0) is 17.3. The minimum Gasteiger partial charge on any atom is -0.339 e. The average Bonchev–Trinajstić information content (AvgIpc) is 2.92. The van der Waals surface area contributed by atoms with Crippen molar-refractivity contribution in [3.8, 4) is 0 Å². The summed E-state index contributed by atoms with van der Waals surface area (Å²) in [6.07, 6.45) is 0.547. The lowest BCUT2D eigenvalue weighted by Crippen LogP contribution is -2.50. The average molecular weight is 330 g/mol. The molecule has 0 aliphatic carbocycles. The van der Waals surface area contributed by atoms with E-state index in [9.17, 15) is 14.4 Å². The highest BCUT2D eigenvalue weighted by molar-refractivity contribution is 5.97. The minimum absolute atomic E-state index is 0.0742. The van der Waals surface area contributed by atoms with Crippen LogP contribution in [0.15, 0.2) is 23.0 Å². The predicted molar refractivity (Wildman–Crippen MR) is 90.9 cm³/mol. The standard InChI is InChI=1S/C17H22N4O3/c1-11(2)9-15(22)20-5-7-21(8-6-20)16(23)12-3-4-13-14(10-12)19-17(24)18-13/h3-4,10-11H,5-9H2,1-2H3,(H2,18,19,24). The molecular weight excluding hydrogens is 308 g/mol. The number of benzene rings is 1. The molecule has 0 saturated carbocycles. The second-order valence-corrected chi connectivity index (χ2v) is 6.61. The molecule has 7 nitrogen and oxygen atoms in total. The van der Waals surface area contributed by atoms with Gasteiger partial charge in [-0.3, -0.25) is 9.59 Å². The van der Waals surface area contributed by atoms with Crippen molar-refractivity contribution >= 4 is 22.8 Å². The summed E-state index contributed by atoms with van der Waals surface area (Å²) in [6, 6.07) is 5.12. The SMILES string of the molecule is CC(C)CC(=O)N1CCN(C(=O)c2ccc3[nH]c(=O)[nH]c3c2)CC1. The number of carbonyl (C=O) groups excluding carboxylic acids is 2. The number of hydrogen-bond acceptors (Lipinski definition) is 3. The summed E-state index contributed by atoms with van der Waals surface area (Å²) in [5.74, 6) is 0.422. The van der Waals surface area contributed by atoms with Crippen molar-refractivity contribution in [1.82, 2.24) is 19.8 Å². The molecule has 1 saturated heterocycles. The van der Waals surface area contributed by atoms with Gasteiger partial charge in [0.25, 0.3) is 5.91 Å². The van der Waals surface area contributed by atoms with Crippen LogP contribution in [0.25, 0.3) is 11.0 Å². The number of aromatic amines is 2. The topological polar surface area (TPSA) is 89.3 Å². The van der Waals surface area contributed by atoms with E-state index in [1.54, 1.807) is 23.1 Å². The number of nitrogens with zero attached hydrogens (tertiary/aromatic N) is 2. The van der Waals surface area contributed by atoms with Crippen molar-refractivity contribution in [2.75, 3.05) is 26.2 Å². The maximum Gasteiger partial charge on any atom is 0.323 e. The normalized spacial score (nSPS) is 15.3. The van der Waals surface area contributed by atoms with Gasteiger partial charge in [-0.25, -0.2) is 4.79 Å². The Morgan fingerprint density at radius 2 is 1.67 bits per heavy atom. The Labute approximate surface area is 139 Å². The molecule has 0 bridgehead atoms. The number of carbonyl (C=O) groups is 2. The Balaban J connectivity index is 1.65. The van der Waals surface area contributed by atoms with Crippen LogP contribution in [-0.2, 0) is 4.79 Å². The van der Waals surface area contributed by atoms with Gasteiger partial charge in [0, 0.05) is 38.2 Å². The van der Waals surface area contributed by atoms with Crippen LogP contribution in [-0.4, -0.2) is 57.8 Å². The maximum atomic E-state index is 12.6. The summed E-state index contributed by atoms with van der Waals surface area (Å²) in [6.45, 7) is 6.26. The van der Waals surface area contributed by atoms with Crippen molar-refractivity contribution in [2.45, 2.75) is 20.3 Å². The lowest BCUT2D eigenvalue weighted by atomic mass is 10.1. The van der Waals surface area contributed by atoms with E-state index >= 15 is 0 Å². The molecule has 3 rings (SSSR count). The molecule has 0 unspecified atom stereocenters. The lowest BCUT2D eigenvalue weighted by molar-refractivity contribution is -0.133. The van der Waals surface area contributed by atoms with Gasteiger partial charge in [-0.1, -0.05) is 13.8 Å². The fourth-order valence-electron chi connectivity index (χ4n) is 2.99. The van der Waals surface area contributed by atoms with E-state index in [4.69, 9.17) is 0 Å². The lowest BCUT2D eigenvalue weighted by Gasteiger charge is -2.35. The molecule has 1 fully saturated rings. The first-order valence-electron chi connectivity index (χ1n) is 8.23. The van der Waals surface area contributed by atoms with Crippen LogP contribution in [0.4, 0.5) is 0 Å².